The largest absolute Gasteiger partial charge is 0.487 e. The van der Waals surface area contributed by atoms with Crippen molar-refractivity contribution in [2.24, 2.45) is 0 Å². The normalized spacial score (nSPS) is 23.7. The summed E-state index contributed by atoms with van der Waals surface area (Å²) in [6.07, 6.45) is -0.622. The third-order valence-electron chi connectivity index (χ3n) is 6.05. The summed E-state index contributed by atoms with van der Waals surface area (Å²) < 4.78 is 11.4. The van der Waals surface area contributed by atoms with Crippen LogP contribution < -0.4 is 9.64 Å². The van der Waals surface area contributed by atoms with Gasteiger partial charge in [-0.25, -0.2) is 0 Å². The summed E-state index contributed by atoms with van der Waals surface area (Å²) in [6, 6.07) is 16.4. The Morgan fingerprint density at radius 2 is 1.91 bits per heavy atom. The van der Waals surface area contributed by atoms with Gasteiger partial charge in [-0.1, -0.05) is 24.3 Å². The Bertz CT molecular complexity index is 902. The molecular weight excluding hydrogens is 424 g/mol. The number of thioether (sulfide) groups is 1. The molecule has 3 atom stereocenters. The van der Waals surface area contributed by atoms with Crippen LogP contribution in [0.5, 0.6) is 5.75 Å². The third kappa shape index (κ3) is 5.57. The number of anilines is 1. The summed E-state index contributed by atoms with van der Waals surface area (Å²) in [5, 5.41) is 9.96. The van der Waals surface area contributed by atoms with Gasteiger partial charge in [0.2, 0.25) is 0 Å². The molecule has 2 heterocycles. The van der Waals surface area contributed by atoms with Crippen LogP contribution in [0.4, 0.5) is 5.69 Å². The van der Waals surface area contributed by atoms with E-state index in [1.807, 2.05) is 31.2 Å². The van der Waals surface area contributed by atoms with E-state index < -0.39 is 17.5 Å². The molecule has 0 aliphatic carbocycles. The lowest BCUT2D eigenvalue weighted by Gasteiger charge is -2.36. The number of fused-ring (bicyclic) bond motifs is 1. The molecule has 6 nitrogen and oxygen atoms in total. The second-order valence-corrected chi connectivity index (χ2v) is 9.67. The summed E-state index contributed by atoms with van der Waals surface area (Å²) in [5.41, 5.74) is 2.36. The number of ether oxygens (including phenoxy) is 2. The van der Waals surface area contributed by atoms with Crippen molar-refractivity contribution in [3.63, 3.8) is 0 Å². The van der Waals surface area contributed by atoms with Gasteiger partial charge in [-0.15, -0.1) is 11.8 Å². The van der Waals surface area contributed by atoms with Crippen LogP contribution >= 0.6 is 11.8 Å². The van der Waals surface area contributed by atoms with Gasteiger partial charge in [-0.3, -0.25) is 9.69 Å². The molecule has 1 fully saturated rings. The molecule has 0 amide bonds. The molecule has 1 N–H and O–H groups in total. The monoisotopic (exact) mass is 456 g/mol. The van der Waals surface area contributed by atoms with Crippen LogP contribution in [0.1, 0.15) is 18.9 Å². The lowest BCUT2D eigenvalue weighted by Crippen LogP contribution is -2.46. The zero-order chi connectivity index (χ0) is 22.5. The summed E-state index contributed by atoms with van der Waals surface area (Å²) in [6.45, 7) is 9.07. The first-order chi connectivity index (χ1) is 15.5. The molecule has 2 aliphatic rings. The minimum absolute atomic E-state index is 0.359. The number of piperazine rings is 1. The molecule has 172 valence electrons. The number of rotatable bonds is 6. The van der Waals surface area contributed by atoms with Crippen LogP contribution in [0, 0.1) is 6.92 Å². The molecule has 0 saturated carbocycles. The van der Waals surface area contributed by atoms with E-state index >= 15 is 0 Å². The molecular formula is C25H32N2O4S. The first-order valence-electron chi connectivity index (χ1n) is 11.3. The Hall–Kier alpha value is -2.22. The number of aryl methyl sites for hydroxylation is 1. The molecule has 1 saturated heterocycles. The van der Waals surface area contributed by atoms with Crippen molar-refractivity contribution in [3.05, 3.63) is 54.1 Å². The van der Waals surface area contributed by atoms with Crippen molar-refractivity contribution in [3.8, 4) is 5.75 Å². The highest BCUT2D eigenvalue weighted by Gasteiger charge is 2.37. The van der Waals surface area contributed by atoms with E-state index in [0.29, 0.717) is 12.4 Å². The van der Waals surface area contributed by atoms with Gasteiger partial charge in [-0.05, 0) is 50.1 Å². The van der Waals surface area contributed by atoms with Gasteiger partial charge in [-0.2, -0.15) is 0 Å². The van der Waals surface area contributed by atoms with Crippen LogP contribution in [-0.2, 0) is 9.53 Å². The SMILES string of the molecule is Cc1ccc2c(c1)S[C@H](C(=O)OCCCN1CCN(c3ccccc3)CC1)[C@@H](O)C(C)O2. The van der Waals surface area contributed by atoms with Crippen LogP contribution in [0.2, 0.25) is 0 Å². The Morgan fingerprint density at radius 3 is 2.66 bits per heavy atom. The molecule has 0 bridgehead atoms. The summed E-state index contributed by atoms with van der Waals surface area (Å²) in [4.78, 5) is 18.5. The number of aliphatic hydroxyl groups is 1. The van der Waals surface area contributed by atoms with Gasteiger partial charge >= 0.3 is 5.97 Å². The van der Waals surface area contributed by atoms with E-state index in [-0.39, 0.29) is 5.97 Å². The third-order valence-corrected chi connectivity index (χ3v) is 7.34. The fourth-order valence-corrected chi connectivity index (χ4v) is 5.41. The van der Waals surface area contributed by atoms with Crippen molar-refractivity contribution in [2.75, 3.05) is 44.2 Å². The number of nitrogens with zero attached hydrogens (tertiary/aromatic N) is 2. The lowest BCUT2D eigenvalue weighted by molar-refractivity contribution is -0.146. The molecule has 0 radical (unpaired) electrons. The molecule has 32 heavy (non-hydrogen) atoms. The van der Waals surface area contributed by atoms with E-state index in [2.05, 4.69) is 34.1 Å². The quantitative estimate of drug-likeness (QED) is 0.528. The lowest BCUT2D eigenvalue weighted by atomic mass is 10.1. The van der Waals surface area contributed by atoms with Crippen molar-refractivity contribution >= 4 is 23.4 Å². The Labute approximate surface area is 194 Å². The highest BCUT2D eigenvalue weighted by Crippen LogP contribution is 2.39. The fraction of sp³-hybridized carbons (Fsp3) is 0.480. The maximum Gasteiger partial charge on any atom is 0.322 e. The van der Waals surface area contributed by atoms with Crippen molar-refractivity contribution in [2.45, 2.75) is 42.6 Å². The van der Waals surface area contributed by atoms with Gasteiger partial charge in [0.25, 0.3) is 0 Å². The highest BCUT2D eigenvalue weighted by molar-refractivity contribution is 8.00. The standard InChI is InChI=1S/C25H32N2O4S/c1-18-9-10-21-22(17-18)32-24(23(28)19(2)31-21)25(29)30-16-6-11-26-12-14-27(15-13-26)20-7-4-3-5-8-20/h3-5,7-10,17,19,23-24,28H,6,11-16H2,1-2H3/t19?,23-,24-/m0/s1. The molecule has 2 aromatic rings. The van der Waals surface area contributed by atoms with Gasteiger partial charge in [0.1, 0.15) is 23.2 Å². The minimum Gasteiger partial charge on any atom is -0.487 e. The number of benzene rings is 2. The maximum absolute atomic E-state index is 12.8. The van der Waals surface area contributed by atoms with Crippen molar-refractivity contribution in [1.82, 2.24) is 4.90 Å². The van der Waals surface area contributed by atoms with E-state index in [4.69, 9.17) is 9.47 Å². The molecule has 7 heteroatoms. The molecule has 4 rings (SSSR count). The number of para-hydroxylation sites is 1. The van der Waals surface area contributed by atoms with Gasteiger partial charge < -0.3 is 19.5 Å². The van der Waals surface area contributed by atoms with Crippen LogP contribution in [-0.4, -0.2) is 72.8 Å². The van der Waals surface area contributed by atoms with Gasteiger partial charge in [0.15, 0.2) is 0 Å². The second-order valence-electron chi connectivity index (χ2n) is 8.49. The average Bonchev–Trinajstić information content (AvgIpc) is 2.93. The second kappa shape index (κ2) is 10.6. The number of aliphatic hydroxyl groups excluding tert-OH is 1. The molecule has 0 spiro atoms. The van der Waals surface area contributed by atoms with Crippen molar-refractivity contribution in [1.29, 1.82) is 0 Å². The van der Waals surface area contributed by atoms with Crippen molar-refractivity contribution < 1.29 is 19.4 Å². The fourth-order valence-electron chi connectivity index (χ4n) is 4.13. The van der Waals surface area contributed by atoms with E-state index in [1.54, 1.807) is 6.92 Å². The number of carbonyl (C=O) groups is 1. The summed E-state index contributed by atoms with van der Waals surface area (Å²) in [7, 11) is 0. The first-order valence-corrected chi connectivity index (χ1v) is 12.2. The van der Waals surface area contributed by atoms with Crippen LogP contribution in [0.15, 0.2) is 53.4 Å². The smallest absolute Gasteiger partial charge is 0.322 e. The number of esters is 1. The molecule has 2 aliphatic heterocycles. The number of hydrogen-bond donors (Lipinski definition) is 1. The van der Waals surface area contributed by atoms with E-state index in [1.165, 1.54) is 17.4 Å². The van der Waals surface area contributed by atoms with E-state index in [0.717, 1.165) is 49.6 Å². The molecule has 0 aromatic heterocycles. The van der Waals surface area contributed by atoms with Gasteiger partial charge in [0, 0.05) is 38.4 Å². The maximum atomic E-state index is 12.8. The van der Waals surface area contributed by atoms with E-state index in [9.17, 15) is 9.90 Å². The Morgan fingerprint density at radius 1 is 1.16 bits per heavy atom. The zero-order valence-electron chi connectivity index (χ0n) is 18.8. The topological polar surface area (TPSA) is 62.2 Å². The predicted octanol–water partition coefficient (Wildman–Crippen LogP) is 3.35. The predicted molar refractivity (Wildman–Crippen MR) is 128 cm³/mol. The Balaban J connectivity index is 1.22. The average molecular weight is 457 g/mol. The molecule has 2 aromatic carbocycles. The minimum atomic E-state index is -0.925. The summed E-state index contributed by atoms with van der Waals surface area (Å²) >= 11 is 1.33. The Kier molecular flexibility index (Phi) is 7.60. The zero-order valence-corrected chi connectivity index (χ0v) is 19.6. The summed E-state index contributed by atoms with van der Waals surface area (Å²) in [5.74, 6) is 0.332. The molecule has 1 unspecified atom stereocenters. The number of carbonyl (C=O) groups excluding carboxylic acids is 1. The van der Waals surface area contributed by atoms with Crippen LogP contribution in [0.3, 0.4) is 0 Å². The highest BCUT2D eigenvalue weighted by atomic mass is 32.2. The van der Waals surface area contributed by atoms with Gasteiger partial charge in [0.05, 0.1) is 11.5 Å². The number of hydrogen-bond acceptors (Lipinski definition) is 7. The van der Waals surface area contributed by atoms with Crippen LogP contribution in [0.25, 0.3) is 0 Å². The first kappa shape index (κ1) is 23.0.